The Kier molecular flexibility index (Phi) is 4.81. The average Bonchev–Trinajstić information content (AvgIpc) is 2.72. The van der Waals surface area contributed by atoms with E-state index in [0.717, 1.165) is 21.0 Å². The summed E-state index contributed by atoms with van der Waals surface area (Å²) in [5.41, 5.74) is 0.784. The number of benzene rings is 2. The molecule has 0 aliphatic carbocycles. The van der Waals surface area contributed by atoms with Crippen LogP contribution in [-0.4, -0.2) is 11.4 Å². The van der Waals surface area contributed by atoms with Crippen molar-refractivity contribution in [2.75, 3.05) is 5.32 Å². The van der Waals surface area contributed by atoms with E-state index < -0.39 is 0 Å². The van der Waals surface area contributed by atoms with Crippen LogP contribution in [0.1, 0.15) is 0 Å². The Labute approximate surface area is 165 Å². The van der Waals surface area contributed by atoms with Crippen LogP contribution >= 0.6 is 11.3 Å². The molecule has 1 amide bonds. The molecular formula is C12H6CsFN2OS. The maximum absolute atomic E-state index is 13.1. The molecule has 0 saturated carbocycles. The Hall–Kier alpha value is 0.0419. The van der Waals surface area contributed by atoms with E-state index >= 15 is 0 Å². The molecular weight excluding hydrogens is 372 g/mol. The van der Waals surface area contributed by atoms with Gasteiger partial charge in [-0.15, -0.1) is 0 Å². The number of anilines is 1. The van der Waals surface area contributed by atoms with Gasteiger partial charge in [0.05, 0.1) is 11.9 Å². The first-order chi connectivity index (χ1) is 8.28. The minimum atomic E-state index is -0.263. The van der Waals surface area contributed by atoms with Crippen LogP contribution in [0.4, 0.5) is 9.52 Å². The minimum absolute atomic E-state index is 0. The minimum Gasteiger partial charge on any atom is -0.467 e. The summed E-state index contributed by atoms with van der Waals surface area (Å²) in [4.78, 5) is 14.5. The van der Waals surface area contributed by atoms with Crippen molar-refractivity contribution in [1.82, 2.24) is 4.98 Å². The van der Waals surface area contributed by atoms with Crippen molar-refractivity contribution in [2.24, 2.45) is 0 Å². The SMILES string of the molecule is O=[C-]Nc1nc2ccc3cc(F)ccc3c2s1.[Cs+]. The van der Waals surface area contributed by atoms with Crippen molar-refractivity contribution >= 4 is 43.9 Å². The van der Waals surface area contributed by atoms with Gasteiger partial charge in [-0.25, -0.2) is 4.39 Å². The summed E-state index contributed by atoms with van der Waals surface area (Å²) in [6, 6.07) is 8.24. The molecule has 6 heteroatoms. The Morgan fingerprint density at radius 3 is 2.89 bits per heavy atom. The monoisotopic (exact) mass is 378 g/mol. The summed E-state index contributed by atoms with van der Waals surface area (Å²) in [5, 5.41) is 4.65. The fourth-order valence-electron chi connectivity index (χ4n) is 1.78. The van der Waals surface area contributed by atoms with Crippen LogP contribution in [0.2, 0.25) is 0 Å². The van der Waals surface area contributed by atoms with Crippen molar-refractivity contribution in [3.8, 4) is 0 Å². The number of amides is 1. The van der Waals surface area contributed by atoms with E-state index in [4.69, 9.17) is 0 Å². The Morgan fingerprint density at radius 1 is 1.28 bits per heavy atom. The third-order valence-corrected chi connectivity index (χ3v) is 3.51. The molecule has 3 aromatic rings. The quantitative estimate of drug-likeness (QED) is 0.507. The van der Waals surface area contributed by atoms with Crippen molar-refractivity contribution in [3.05, 3.63) is 36.1 Å². The molecule has 0 spiro atoms. The van der Waals surface area contributed by atoms with Gasteiger partial charge in [0.25, 0.3) is 0 Å². The summed E-state index contributed by atoms with van der Waals surface area (Å²) in [6.45, 7) is 0. The Balaban J connectivity index is 0.00000120. The van der Waals surface area contributed by atoms with Gasteiger partial charge in [-0.05, 0) is 29.0 Å². The number of rotatable bonds is 2. The molecule has 1 heterocycles. The predicted molar refractivity (Wildman–Crippen MR) is 66.4 cm³/mol. The predicted octanol–water partition coefficient (Wildman–Crippen LogP) is 0.0717. The first-order valence-electron chi connectivity index (χ1n) is 4.90. The van der Waals surface area contributed by atoms with Crippen LogP contribution in [0.5, 0.6) is 0 Å². The molecule has 2 aromatic carbocycles. The van der Waals surface area contributed by atoms with Gasteiger partial charge in [0, 0.05) is 9.83 Å². The van der Waals surface area contributed by atoms with E-state index in [1.54, 1.807) is 12.5 Å². The average molecular weight is 378 g/mol. The van der Waals surface area contributed by atoms with E-state index in [0.29, 0.717) is 5.13 Å². The third-order valence-electron chi connectivity index (χ3n) is 2.49. The van der Waals surface area contributed by atoms with Crippen LogP contribution in [0.15, 0.2) is 30.3 Å². The van der Waals surface area contributed by atoms with Gasteiger partial charge in [-0.2, -0.15) is 11.3 Å². The maximum Gasteiger partial charge on any atom is 1.00 e. The Bertz CT molecular complexity index is 728. The number of carbonyl (C=O) groups excluding carboxylic acids is 1. The number of fused-ring (bicyclic) bond motifs is 3. The maximum atomic E-state index is 13.1. The molecule has 1 N–H and O–H groups in total. The summed E-state index contributed by atoms with van der Waals surface area (Å²) >= 11 is 1.35. The normalized spacial score (nSPS) is 10.3. The van der Waals surface area contributed by atoms with Crippen LogP contribution in [-0.2, 0) is 4.79 Å². The first kappa shape index (κ1) is 14.5. The van der Waals surface area contributed by atoms with E-state index in [1.807, 2.05) is 12.1 Å². The number of thiazole rings is 1. The van der Waals surface area contributed by atoms with E-state index in [-0.39, 0.29) is 74.7 Å². The van der Waals surface area contributed by atoms with E-state index in [9.17, 15) is 9.18 Å². The molecule has 0 aliphatic rings. The smallest absolute Gasteiger partial charge is 0.467 e. The van der Waals surface area contributed by atoms with Crippen molar-refractivity contribution in [3.63, 3.8) is 0 Å². The Morgan fingerprint density at radius 2 is 2.11 bits per heavy atom. The second kappa shape index (κ2) is 6.00. The molecule has 3 nitrogen and oxygen atoms in total. The standard InChI is InChI=1S/C12H6FN2OS.Cs/c13-8-2-3-9-7(5-8)1-4-10-11(9)17-12(15-10)14-6-16;/h1-5H,(H,14,15,16);/q-1;+1. The van der Waals surface area contributed by atoms with Crippen molar-refractivity contribution in [2.45, 2.75) is 0 Å². The summed E-state index contributed by atoms with van der Waals surface area (Å²) in [6.07, 6.45) is 1.59. The number of aromatic nitrogens is 1. The zero-order valence-electron chi connectivity index (χ0n) is 9.53. The molecule has 18 heavy (non-hydrogen) atoms. The van der Waals surface area contributed by atoms with Gasteiger partial charge < -0.3 is 15.1 Å². The van der Waals surface area contributed by atoms with Crippen LogP contribution in [0, 0.1) is 5.82 Å². The summed E-state index contributed by atoms with van der Waals surface area (Å²) in [5.74, 6) is -0.263. The van der Waals surface area contributed by atoms with Crippen LogP contribution < -0.4 is 74.2 Å². The molecule has 3 rings (SSSR count). The van der Waals surface area contributed by atoms with Gasteiger partial charge >= 0.3 is 68.9 Å². The topological polar surface area (TPSA) is 42.0 Å². The van der Waals surface area contributed by atoms with Gasteiger partial charge in [0.2, 0.25) is 0 Å². The van der Waals surface area contributed by atoms with Crippen LogP contribution in [0.3, 0.4) is 0 Å². The van der Waals surface area contributed by atoms with E-state index in [1.165, 1.54) is 23.5 Å². The second-order valence-electron chi connectivity index (χ2n) is 3.53. The zero-order chi connectivity index (χ0) is 11.8. The van der Waals surface area contributed by atoms with Gasteiger partial charge in [0.15, 0.2) is 0 Å². The van der Waals surface area contributed by atoms with Gasteiger partial charge in [0.1, 0.15) is 5.82 Å². The van der Waals surface area contributed by atoms with Gasteiger partial charge in [-0.1, -0.05) is 12.1 Å². The van der Waals surface area contributed by atoms with Gasteiger partial charge in [-0.3, -0.25) is 0 Å². The number of nitrogens with one attached hydrogen (secondary N) is 1. The first-order valence-corrected chi connectivity index (χ1v) is 5.71. The van der Waals surface area contributed by atoms with Crippen molar-refractivity contribution < 1.29 is 78.1 Å². The van der Waals surface area contributed by atoms with Crippen LogP contribution in [0.25, 0.3) is 21.0 Å². The number of nitrogens with zero attached hydrogens (tertiary/aromatic N) is 1. The molecule has 0 saturated heterocycles. The molecule has 0 aliphatic heterocycles. The number of hydrogen-bond donors (Lipinski definition) is 1. The summed E-state index contributed by atoms with van der Waals surface area (Å²) in [7, 11) is 0. The molecule has 0 radical (unpaired) electrons. The third kappa shape index (κ3) is 2.65. The zero-order valence-corrected chi connectivity index (χ0v) is 16.6. The number of halogens is 1. The van der Waals surface area contributed by atoms with E-state index in [2.05, 4.69) is 10.3 Å². The fourth-order valence-corrected chi connectivity index (χ4v) is 2.73. The number of hydrogen-bond acceptors (Lipinski definition) is 3. The second-order valence-corrected chi connectivity index (χ2v) is 4.52. The largest absolute Gasteiger partial charge is 1.00 e. The fraction of sp³-hybridized carbons (Fsp3) is 0. The van der Waals surface area contributed by atoms with Crippen molar-refractivity contribution in [1.29, 1.82) is 0 Å². The molecule has 84 valence electrons. The molecule has 0 atom stereocenters. The molecule has 0 fully saturated rings. The molecule has 0 unspecified atom stereocenters. The molecule has 0 bridgehead atoms. The molecule has 1 aromatic heterocycles. The summed E-state index contributed by atoms with van der Waals surface area (Å²) < 4.78 is 14.0.